The lowest BCUT2D eigenvalue weighted by Gasteiger charge is -2.06. The standard InChI is InChI=1S/C14H11N3O/c15-12-7-6-10-11(9-4-2-1-3-5-9)8-13(18)17-14(10)16-12/h1-8H,(H3,15,16,17,18). The van der Waals surface area contributed by atoms with E-state index in [1.54, 1.807) is 12.1 Å². The first-order chi connectivity index (χ1) is 8.74. The number of nitrogens with zero attached hydrogens (tertiary/aromatic N) is 1. The maximum atomic E-state index is 11.7. The summed E-state index contributed by atoms with van der Waals surface area (Å²) in [6.07, 6.45) is 0. The predicted octanol–water partition coefficient (Wildman–Crippen LogP) is 2.17. The van der Waals surface area contributed by atoms with Gasteiger partial charge in [-0.05, 0) is 23.3 Å². The number of nitrogens with one attached hydrogen (secondary N) is 1. The van der Waals surface area contributed by atoms with Crippen molar-refractivity contribution in [2.75, 3.05) is 5.73 Å². The number of nitrogens with two attached hydrogens (primary N) is 1. The highest BCUT2D eigenvalue weighted by atomic mass is 16.1. The van der Waals surface area contributed by atoms with E-state index in [2.05, 4.69) is 9.97 Å². The van der Waals surface area contributed by atoms with Gasteiger partial charge >= 0.3 is 0 Å². The normalized spacial score (nSPS) is 10.7. The van der Waals surface area contributed by atoms with E-state index in [0.717, 1.165) is 16.5 Å². The minimum Gasteiger partial charge on any atom is -0.384 e. The third-order valence-electron chi connectivity index (χ3n) is 2.81. The fraction of sp³-hybridized carbons (Fsp3) is 0. The number of fused-ring (bicyclic) bond motifs is 1. The second kappa shape index (κ2) is 4.00. The van der Waals surface area contributed by atoms with Crippen LogP contribution in [0.4, 0.5) is 5.82 Å². The molecule has 3 aromatic rings. The van der Waals surface area contributed by atoms with Crippen LogP contribution in [0.15, 0.2) is 53.3 Å². The Morgan fingerprint density at radius 2 is 1.83 bits per heavy atom. The lowest BCUT2D eigenvalue weighted by molar-refractivity contribution is 1.24. The van der Waals surface area contributed by atoms with Crippen LogP contribution in [0.3, 0.4) is 0 Å². The lowest BCUT2D eigenvalue weighted by Crippen LogP contribution is -2.06. The van der Waals surface area contributed by atoms with Crippen LogP contribution in [0.5, 0.6) is 0 Å². The van der Waals surface area contributed by atoms with Crippen molar-refractivity contribution in [2.45, 2.75) is 0 Å². The van der Waals surface area contributed by atoms with Crippen LogP contribution < -0.4 is 11.3 Å². The van der Waals surface area contributed by atoms with E-state index in [9.17, 15) is 4.79 Å². The average molecular weight is 237 g/mol. The summed E-state index contributed by atoms with van der Waals surface area (Å²) in [5, 5.41) is 0.884. The topological polar surface area (TPSA) is 71.8 Å². The van der Waals surface area contributed by atoms with E-state index in [-0.39, 0.29) is 5.56 Å². The second-order valence-corrected chi connectivity index (χ2v) is 4.05. The van der Waals surface area contributed by atoms with Gasteiger partial charge in [0.25, 0.3) is 0 Å². The van der Waals surface area contributed by atoms with Crippen molar-refractivity contribution in [3.8, 4) is 11.1 Å². The Morgan fingerprint density at radius 1 is 1.06 bits per heavy atom. The van der Waals surface area contributed by atoms with Crippen LogP contribution in [0.1, 0.15) is 0 Å². The molecule has 0 aliphatic heterocycles. The Labute approximate surface area is 103 Å². The van der Waals surface area contributed by atoms with E-state index in [0.29, 0.717) is 11.5 Å². The van der Waals surface area contributed by atoms with Gasteiger partial charge in [0.15, 0.2) is 0 Å². The molecule has 18 heavy (non-hydrogen) atoms. The Balaban J connectivity index is 2.39. The number of anilines is 1. The van der Waals surface area contributed by atoms with Gasteiger partial charge in [-0.3, -0.25) is 4.79 Å². The Bertz CT molecular complexity index is 763. The number of rotatable bonds is 1. The third kappa shape index (κ3) is 1.73. The van der Waals surface area contributed by atoms with E-state index in [1.807, 2.05) is 36.4 Å². The second-order valence-electron chi connectivity index (χ2n) is 4.05. The lowest BCUT2D eigenvalue weighted by atomic mass is 10.0. The molecule has 0 saturated heterocycles. The van der Waals surface area contributed by atoms with Crippen LogP contribution in [-0.2, 0) is 0 Å². The van der Waals surface area contributed by atoms with Crippen molar-refractivity contribution >= 4 is 16.9 Å². The number of hydrogen-bond acceptors (Lipinski definition) is 3. The van der Waals surface area contributed by atoms with Crippen molar-refractivity contribution in [3.05, 3.63) is 58.9 Å². The van der Waals surface area contributed by atoms with Gasteiger partial charge in [0, 0.05) is 11.5 Å². The van der Waals surface area contributed by atoms with Gasteiger partial charge in [-0.1, -0.05) is 30.3 Å². The summed E-state index contributed by atoms with van der Waals surface area (Å²) in [5.74, 6) is 0.392. The molecule has 0 amide bonds. The molecule has 4 nitrogen and oxygen atoms in total. The number of benzene rings is 1. The average Bonchev–Trinajstić information content (AvgIpc) is 2.38. The van der Waals surface area contributed by atoms with Crippen molar-refractivity contribution in [3.63, 3.8) is 0 Å². The highest BCUT2D eigenvalue weighted by Gasteiger charge is 2.06. The summed E-state index contributed by atoms with van der Waals surface area (Å²) in [6, 6.07) is 14.9. The maximum absolute atomic E-state index is 11.7. The highest BCUT2D eigenvalue weighted by Crippen LogP contribution is 2.25. The summed E-state index contributed by atoms with van der Waals surface area (Å²) >= 11 is 0. The first-order valence-electron chi connectivity index (χ1n) is 5.59. The summed E-state index contributed by atoms with van der Waals surface area (Å²) in [7, 11) is 0. The fourth-order valence-electron chi connectivity index (χ4n) is 2.01. The summed E-state index contributed by atoms with van der Waals surface area (Å²) < 4.78 is 0. The van der Waals surface area contributed by atoms with Crippen molar-refractivity contribution < 1.29 is 0 Å². The van der Waals surface area contributed by atoms with Gasteiger partial charge in [0.1, 0.15) is 11.5 Å². The zero-order chi connectivity index (χ0) is 12.5. The molecule has 0 aliphatic carbocycles. The predicted molar refractivity (Wildman–Crippen MR) is 72.2 cm³/mol. The number of nitrogen functional groups attached to an aromatic ring is 1. The van der Waals surface area contributed by atoms with Gasteiger partial charge in [0.2, 0.25) is 5.56 Å². The molecule has 0 saturated carbocycles. The molecular formula is C14H11N3O. The summed E-state index contributed by atoms with van der Waals surface area (Å²) in [5.41, 5.74) is 7.81. The van der Waals surface area contributed by atoms with Gasteiger partial charge in [-0.2, -0.15) is 0 Å². The van der Waals surface area contributed by atoms with Gasteiger partial charge in [-0.25, -0.2) is 4.98 Å². The maximum Gasteiger partial charge on any atom is 0.250 e. The minimum atomic E-state index is -0.181. The number of H-pyrrole nitrogens is 1. The van der Waals surface area contributed by atoms with E-state index >= 15 is 0 Å². The van der Waals surface area contributed by atoms with Gasteiger partial charge in [0.05, 0.1) is 0 Å². The quantitative estimate of drug-likeness (QED) is 0.681. The number of pyridine rings is 2. The molecule has 2 heterocycles. The highest BCUT2D eigenvalue weighted by molar-refractivity contribution is 5.92. The molecule has 0 fully saturated rings. The van der Waals surface area contributed by atoms with E-state index < -0.39 is 0 Å². The molecular weight excluding hydrogens is 226 g/mol. The molecule has 0 spiro atoms. The molecule has 0 atom stereocenters. The van der Waals surface area contributed by atoms with Crippen molar-refractivity contribution in [1.29, 1.82) is 0 Å². The zero-order valence-corrected chi connectivity index (χ0v) is 9.55. The molecule has 1 aromatic carbocycles. The monoisotopic (exact) mass is 237 g/mol. The SMILES string of the molecule is Nc1ccc2c(-c3ccccc3)cc(=O)[nH]c2n1. The molecule has 4 heteroatoms. The molecule has 0 radical (unpaired) electrons. The number of hydrogen-bond donors (Lipinski definition) is 2. The van der Waals surface area contributed by atoms with Crippen LogP contribution in [-0.4, -0.2) is 9.97 Å². The molecule has 0 unspecified atom stereocenters. The molecule has 3 N–H and O–H groups in total. The van der Waals surface area contributed by atoms with Crippen molar-refractivity contribution in [2.24, 2.45) is 0 Å². The Kier molecular flexibility index (Phi) is 2.34. The molecule has 3 rings (SSSR count). The Morgan fingerprint density at radius 3 is 2.61 bits per heavy atom. The van der Waals surface area contributed by atoms with Crippen LogP contribution >= 0.6 is 0 Å². The van der Waals surface area contributed by atoms with Crippen LogP contribution in [0.2, 0.25) is 0 Å². The molecule has 88 valence electrons. The summed E-state index contributed by atoms with van der Waals surface area (Å²) in [6.45, 7) is 0. The van der Waals surface area contributed by atoms with Gasteiger partial charge < -0.3 is 10.7 Å². The number of aromatic nitrogens is 2. The number of aromatic amines is 1. The molecule has 0 aliphatic rings. The van der Waals surface area contributed by atoms with E-state index in [4.69, 9.17) is 5.73 Å². The first-order valence-corrected chi connectivity index (χ1v) is 5.59. The zero-order valence-electron chi connectivity index (χ0n) is 9.55. The van der Waals surface area contributed by atoms with Crippen molar-refractivity contribution in [1.82, 2.24) is 9.97 Å². The van der Waals surface area contributed by atoms with Gasteiger partial charge in [-0.15, -0.1) is 0 Å². The molecule has 0 bridgehead atoms. The molecule has 2 aromatic heterocycles. The first kappa shape index (κ1) is 10.5. The smallest absolute Gasteiger partial charge is 0.250 e. The third-order valence-corrected chi connectivity index (χ3v) is 2.81. The largest absolute Gasteiger partial charge is 0.384 e. The van der Waals surface area contributed by atoms with E-state index in [1.165, 1.54) is 0 Å². The van der Waals surface area contributed by atoms with Crippen LogP contribution in [0, 0.1) is 0 Å². The fourth-order valence-corrected chi connectivity index (χ4v) is 2.01. The Hall–Kier alpha value is -2.62. The minimum absolute atomic E-state index is 0.181. The van der Waals surface area contributed by atoms with Crippen LogP contribution in [0.25, 0.3) is 22.2 Å². The summed E-state index contributed by atoms with van der Waals surface area (Å²) in [4.78, 5) is 18.5.